The summed E-state index contributed by atoms with van der Waals surface area (Å²) in [6.45, 7) is 2.35. The smallest absolute Gasteiger partial charge is 0.137 e. The van der Waals surface area contributed by atoms with Crippen molar-refractivity contribution in [2.75, 3.05) is 0 Å². The molecule has 140 valence electrons. The lowest BCUT2D eigenvalue weighted by molar-refractivity contribution is 0.557. The lowest BCUT2D eigenvalue weighted by Crippen LogP contribution is -2.05. The summed E-state index contributed by atoms with van der Waals surface area (Å²) in [5, 5.41) is 2.67. The summed E-state index contributed by atoms with van der Waals surface area (Å²) >= 11 is 1.52. The molecule has 5 rings (SSSR count). The van der Waals surface area contributed by atoms with Gasteiger partial charge in [-0.15, -0.1) is 4.85 Å². The van der Waals surface area contributed by atoms with Crippen LogP contribution in [0.1, 0.15) is 35.1 Å². The van der Waals surface area contributed by atoms with E-state index >= 15 is 0 Å². The van der Waals surface area contributed by atoms with Crippen LogP contribution < -0.4 is 0 Å². The van der Waals surface area contributed by atoms with Crippen LogP contribution in [0.4, 0.5) is 5.13 Å². The molecule has 1 aromatic heterocycles. The Labute approximate surface area is 175 Å². The molecular weight excluding hydrogens is 372 g/mol. The number of fused-ring (bicyclic) bond motifs is 1. The van der Waals surface area contributed by atoms with Crippen molar-refractivity contribution < 1.29 is 0 Å². The Hall–Kier alpha value is -3.22. The molecule has 0 bridgehead atoms. The van der Waals surface area contributed by atoms with Gasteiger partial charge in [0, 0.05) is 11.3 Å². The van der Waals surface area contributed by atoms with E-state index in [2.05, 4.69) is 95.6 Å². The molecule has 1 aliphatic rings. The van der Waals surface area contributed by atoms with E-state index in [1.165, 1.54) is 39.2 Å². The second-order valence-electron chi connectivity index (χ2n) is 7.60. The molecule has 0 radical (unpaired) electrons. The summed E-state index contributed by atoms with van der Waals surface area (Å²) in [7, 11) is 0. The highest BCUT2D eigenvalue weighted by atomic mass is 32.1. The number of rotatable bonds is 2. The molecule has 3 aromatic carbocycles. The topological polar surface area (TPSA) is 17.2 Å². The molecule has 4 aromatic rings. The van der Waals surface area contributed by atoms with E-state index in [9.17, 15) is 0 Å². The van der Waals surface area contributed by atoms with Crippen LogP contribution in [0, 0.1) is 12.0 Å². The van der Waals surface area contributed by atoms with Gasteiger partial charge in [0.05, 0.1) is 5.56 Å². The van der Waals surface area contributed by atoms with Gasteiger partial charge in [0.15, 0.2) is 12.3 Å². The van der Waals surface area contributed by atoms with Crippen molar-refractivity contribution in [3.8, 4) is 17.2 Å². The molecule has 1 heterocycles. The summed E-state index contributed by atoms with van der Waals surface area (Å²) in [6, 6.07) is 29.4. The molecular formula is C26H21N2S+. The molecule has 0 aliphatic heterocycles. The fourth-order valence-electron chi connectivity index (χ4n) is 4.32. The lowest BCUT2D eigenvalue weighted by atomic mass is 9.86. The normalized spacial score (nSPS) is 17.4. The highest BCUT2D eigenvalue weighted by molar-refractivity contribution is 7.13. The molecule has 0 saturated carbocycles. The first-order valence-electron chi connectivity index (χ1n) is 9.92. The average Bonchev–Trinajstić information content (AvgIpc) is 3.40. The van der Waals surface area contributed by atoms with Gasteiger partial charge in [-0.1, -0.05) is 67.6 Å². The molecule has 0 unspecified atom stereocenters. The Balaban J connectivity index is 1.47. The zero-order valence-electron chi connectivity index (χ0n) is 16.2. The largest absolute Gasteiger partial charge is 0.485 e. The second-order valence-corrected chi connectivity index (χ2v) is 8.47. The van der Waals surface area contributed by atoms with E-state index in [0.29, 0.717) is 11.8 Å². The summed E-state index contributed by atoms with van der Waals surface area (Å²) in [6.07, 6.45) is 2.88. The predicted octanol–water partition coefficient (Wildman–Crippen LogP) is 7.15. The van der Waals surface area contributed by atoms with Crippen LogP contribution in [0.25, 0.3) is 16.0 Å². The van der Waals surface area contributed by atoms with E-state index in [-0.39, 0.29) is 0 Å². The van der Waals surface area contributed by atoms with Crippen LogP contribution in [0.15, 0.2) is 84.4 Å². The molecule has 1 aliphatic carbocycles. The highest BCUT2D eigenvalue weighted by Gasteiger charge is 2.30. The monoisotopic (exact) mass is 393 g/mol. The number of thiazole rings is 1. The van der Waals surface area contributed by atoms with Crippen LogP contribution in [0.2, 0.25) is 0 Å². The first-order chi connectivity index (χ1) is 14.3. The van der Waals surface area contributed by atoms with Crippen molar-refractivity contribution in [1.29, 1.82) is 0 Å². The minimum absolute atomic E-state index is 0.413. The maximum Gasteiger partial charge on any atom is 0.485 e. The summed E-state index contributed by atoms with van der Waals surface area (Å²) in [5.74, 6) is 0.996. The summed E-state index contributed by atoms with van der Waals surface area (Å²) in [4.78, 5) is 8.58. The fourth-order valence-corrected chi connectivity index (χ4v) is 4.78. The van der Waals surface area contributed by atoms with Crippen LogP contribution in [0.5, 0.6) is 0 Å². The Kier molecular flexibility index (Phi) is 4.71. The second kappa shape index (κ2) is 7.66. The third kappa shape index (κ3) is 3.60. The quantitative estimate of drug-likeness (QED) is 0.353. The van der Waals surface area contributed by atoms with Crippen molar-refractivity contribution in [2.45, 2.75) is 19.3 Å². The minimum Gasteiger partial charge on any atom is -0.137 e. The molecule has 3 heteroatoms. The van der Waals surface area contributed by atoms with Gasteiger partial charge in [-0.2, -0.15) is 0 Å². The fraction of sp³-hybridized carbons (Fsp3) is 0.154. The van der Waals surface area contributed by atoms with Gasteiger partial charge in [0.2, 0.25) is 0 Å². The Morgan fingerprint density at radius 2 is 1.76 bits per heavy atom. The molecule has 29 heavy (non-hydrogen) atoms. The first-order valence-corrected chi connectivity index (χ1v) is 10.8. The molecule has 2 nitrogen and oxygen atoms in total. The van der Waals surface area contributed by atoms with Crippen molar-refractivity contribution in [3.63, 3.8) is 0 Å². The SMILES string of the molecule is C[C@H]1Cc2ccc(C#[N+]c3nccs3)cc2[C@H]1c1ccc(-c2ccccc2)cc1. The average molecular weight is 394 g/mol. The summed E-state index contributed by atoms with van der Waals surface area (Å²) < 4.78 is 0. The first kappa shape index (κ1) is 17.8. The van der Waals surface area contributed by atoms with Crippen molar-refractivity contribution in [3.05, 3.63) is 111 Å². The van der Waals surface area contributed by atoms with Crippen molar-refractivity contribution in [1.82, 2.24) is 4.98 Å². The Morgan fingerprint density at radius 3 is 2.52 bits per heavy atom. The predicted molar refractivity (Wildman–Crippen MR) is 121 cm³/mol. The van der Waals surface area contributed by atoms with Gasteiger partial charge in [0.1, 0.15) is 0 Å². The highest BCUT2D eigenvalue weighted by Crippen LogP contribution is 2.43. The minimum atomic E-state index is 0.413. The van der Waals surface area contributed by atoms with Gasteiger partial charge in [-0.25, -0.2) is 0 Å². The van der Waals surface area contributed by atoms with Gasteiger partial charge >= 0.3 is 5.13 Å². The van der Waals surface area contributed by atoms with Crippen molar-refractivity contribution in [2.24, 2.45) is 5.92 Å². The van der Waals surface area contributed by atoms with Crippen LogP contribution >= 0.6 is 11.3 Å². The number of nitrogens with zero attached hydrogens (tertiary/aromatic N) is 2. The van der Waals surface area contributed by atoms with E-state index in [1.54, 1.807) is 6.20 Å². The number of benzene rings is 3. The third-order valence-electron chi connectivity index (χ3n) is 5.67. The maximum absolute atomic E-state index is 4.38. The van der Waals surface area contributed by atoms with Crippen LogP contribution in [0.3, 0.4) is 0 Å². The zero-order valence-corrected chi connectivity index (χ0v) is 17.1. The zero-order chi connectivity index (χ0) is 19.6. The van der Waals surface area contributed by atoms with Gasteiger partial charge in [0.25, 0.3) is 0 Å². The van der Waals surface area contributed by atoms with Crippen LogP contribution in [-0.4, -0.2) is 4.98 Å². The van der Waals surface area contributed by atoms with E-state index in [1.807, 2.05) is 5.38 Å². The summed E-state index contributed by atoms with van der Waals surface area (Å²) in [5.41, 5.74) is 7.76. The number of aromatic nitrogens is 1. The Bertz CT molecular complexity index is 1180. The molecule has 0 N–H and O–H groups in total. The van der Waals surface area contributed by atoms with Gasteiger partial charge in [-0.3, -0.25) is 0 Å². The molecule has 0 amide bonds. The lowest BCUT2D eigenvalue weighted by Gasteiger charge is -2.18. The molecule has 0 spiro atoms. The van der Waals surface area contributed by atoms with Crippen molar-refractivity contribution >= 4 is 16.5 Å². The van der Waals surface area contributed by atoms with Crippen LogP contribution in [-0.2, 0) is 6.42 Å². The van der Waals surface area contributed by atoms with E-state index in [4.69, 9.17) is 0 Å². The Morgan fingerprint density at radius 1 is 0.966 bits per heavy atom. The van der Waals surface area contributed by atoms with E-state index in [0.717, 1.165) is 17.1 Å². The maximum atomic E-state index is 4.38. The number of hydrogen-bond donors (Lipinski definition) is 0. The third-order valence-corrected chi connectivity index (χ3v) is 6.33. The molecule has 0 fully saturated rings. The molecule has 2 atom stereocenters. The van der Waals surface area contributed by atoms with Gasteiger partial charge in [-0.05, 0) is 68.6 Å². The molecule has 0 saturated heterocycles. The van der Waals surface area contributed by atoms with Gasteiger partial charge < -0.3 is 0 Å². The van der Waals surface area contributed by atoms with E-state index < -0.39 is 0 Å². The standard InChI is InChI=1S/C26H21N2S/c1-18-15-23-8-7-19(17-28-26-27-13-14-29-26)16-24(23)25(18)22-11-9-21(10-12-22)20-5-3-2-4-6-20/h2-14,16,18,25H,15H2,1H3/q+1/t18-,25+/m0/s1. The number of hydrogen-bond acceptors (Lipinski definition) is 2.